The van der Waals surface area contributed by atoms with Crippen LogP contribution in [0.3, 0.4) is 0 Å². The van der Waals surface area contributed by atoms with Crippen molar-refractivity contribution in [2.75, 3.05) is 7.11 Å². The lowest BCUT2D eigenvalue weighted by Gasteiger charge is -2.19. The first-order valence-corrected chi connectivity index (χ1v) is 9.37. The molecule has 0 bridgehead atoms. The van der Waals surface area contributed by atoms with E-state index in [9.17, 15) is 4.79 Å². The molecule has 1 fully saturated rings. The normalized spacial score (nSPS) is 15.5. The van der Waals surface area contributed by atoms with E-state index in [4.69, 9.17) is 14.8 Å². The zero-order valence-corrected chi connectivity index (χ0v) is 15.3. The van der Waals surface area contributed by atoms with Crippen molar-refractivity contribution in [3.05, 3.63) is 40.3 Å². The van der Waals surface area contributed by atoms with Gasteiger partial charge < -0.3 is 9.72 Å². The van der Waals surface area contributed by atoms with Crippen LogP contribution in [-0.4, -0.2) is 26.9 Å². The van der Waals surface area contributed by atoms with Gasteiger partial charge in [-0.2, -0.15) is 5.10 Å². The van der Waals surface area contributed by atoms with Crippen LogP contribution in [0.5, 0.6) is 5.75 Å². The number of aryl methyl sites for hydroxylation is 1. The SMILES string of the molecule is CCn1nc(C2CCCCC2)c2c(=O)[nH]c(-c3ccccc3OC)nc21. The van der Waals surface area contributed by atoms with Crippen molar-refractivity contribution in [1.29, 1.82) is 0 Å². The Morgan fingerprint density at radius 1 is 1.23 bits per heavy atom. The molecule has 0 radical (unpaired) electrons. The number of fused-ring (bicyclic) bond motifs is 1. The van der Waals surface area contributed by atoms with Crippen LogP contribution in [-0.2, 0) is 6.54 Å². The monoisotopic (exact) mass is 352 g/mol. The number of benzene rings is 1. The predicted octanol–water partition coefficient (Wildman–Crippen LogP) is 3.86. The van der Waals surface area contributed by atoms with E-state index in [1.807, 2.05) is 35.9 Å². The predicted molar refractivity (Wildman–Crippen MR) is 102 cm³/mol. The number of nitrogens with one attached hydrogen (secondary N) is 1. The maximum absolute atomic E-state index is 13.0. The molecule has 0 unspecified atom stereocenters. The molecule has 0 atom stereocenters. The largest absolute Gasteiger partial charge is 0.496 e. The molecule has 1 aromatic carbocycles. The Balaban J connectivity index is 1.91. The Bertz CT molecular complexity index is 983. The summed E-state index contributed by atoms with van der Waals surface area (Å²) in [4.78, 5) is 20.7. The fraction of sp³-hybridized carbons (Fsp3) is 0.450. The molecule has 0 saturated heterocycles. The minimum Gasteiger partial charge on any atom is -0.496 e. The lowest BCUT2D eigenvalue weighted by Crippen LogP contribution is -2.13. The van der Waals surface area contributed by atoms with Crippen molar-refractivity contribution < 1.29 is 4.74 Å². The third-order valence-corrected chi connectivity index (χ3v) is 5.28. The van der Waals surface area contributed by atoms with Crippen molar-refractivity contribution >= 4 is 11.0 Å². The summed E-state index contributed by atoms with van der Waals surface area (Å²) in [5.74, 6) is 1.56. The summed E-state index contributed by atoms with van der Waals surface area (Å²) in [6.07, 6.45) is 5.88. The number of methoxy groups -OCH3 is 1. The van der Waals surface area contributed by atoms with E-state index < -0.39 is 0 Å². The number of nitrogens with zero attached hydrogens (tertiary/aromatic N) is 3. The average molecular weight is 352 g/mol. The molecule has 0 aliphatic heterocycles. The van der Waals surface area contributed by atoms with Gasteiger partial charge in [0.05, 0.1) is 18.4 Å². The molecule has 6 heteroatoms. The third kappa shape index (κ3) is 2.79. The highest BCUT2D eigenvalue weighted by Gasteiger charge is 2.25. The van der Waals surface area contributed by atoms with Crippen LogP contribution in [0, 0.1) is 0 Å². The minimum atomic E-state index is -0.115. The van der Waals surface area contributed by atoms with E-state index in [-0.39, 0.29) is 5.56 Å². The zero-order valence-electron chi connectivity index (χ0n) is 15.3. The maximum Gasteiger partial charge on any atom is 0.262 e. The van der Waals surface area contributed by atoms with Gasteiger partial charge in [-0.15, -0.1) is 0 Å². The first-order chi connectivity index (χ1) is 12.7. The number of hydrogen-bond donors (Lipinski definition) is 1. The van der Waals surface area contributed by atoms with Gasteiger partial charge in [0.25, 0.3) is 5.56 Å². The van der Waals surface area contributed by atoms with E-state index in [1.54, 1.807) is 7.11 Å². The number of rotatable bonds is 4. The fourth-order valence-electron chi connectivity index (χ4n) is 3.96. The first kappa shape index (κ1) is 16.8. The molecular weight excluding hydrogens is 328 g/mol. The van der Waals surface area contributed by atoms with Gasteiger partial charge in [0.2, 0.25) is 0 Å². The van der Waals surface area contributed by atoms with E-state index >= 15 is 0 Å². The Hall–Kier alpha value is -2.63. The van der Waals surface area contributed by atoms with Crippen LogP contribution < -0.4 is 10.3 Å². The molecule has 0 amide bonds. The molecule has 6 nitrogen and oxygen atoms in total. The van der Waals surface area contributed by atoms with Gasteiger partial charge in [0.15, 0.2) is 5.65 Å². The molecule has 1 N–H and O–H groups in total. The van der Waals surface area contributed by atoms with Crippen LogP contribution in [0.25, 0.3) is 22.4 Å². The molecular formula is C20H24N4O2. The highest BCUT2D eigenvalue weighted by atomic mass is 16.5. The highest BCUT2D eigenvalue weighted by molar-refractivity contribution is 5.80. The van der Waals surface area contributed by atoms with Crippen molar-refractivity contribution in [3.63, 3.8) is 0 Å². The second-order valence-electron chi connectivity index (χ2n) is 6.85. The van der Waals surface area contributed by atoms with Crippen LogP contribution in [0.4, 0.5) is 0 Å². The topological polar surface area (TPSA) is 72.8 Å². The summed E-state index contributed by atoms with van der Waals surface area (Å²) in [6.45, 7) is 2.72. The fourth-order valence-corrected chi connectivity index (χ4v) is 3.96. The number of aromatic nitrogens is 4. The van der Waals surface area contributed by atoms with Gasteiger partial charge in [-0.3, -0.25) is 4.79 Å². The third-order valence-electron chi connectivity index (χ3n) is 5.28. The molecule has 26 heavy (non-hydrogen) atoms. The summed E-state index contributed by atoms with van der Waals surface area (Å²) in [7, 11) is 1.62. The number of aromatic amines is 1. The summed E-state index contributed by atoms with van der Waals surface area (Å²) in [5.41, 5.74) is 2.24. The van der Waals surface area contributed by atoms with Crippen LogP contribution in [0.2, 0.25) is 0 Å². The lowest BCUT2D eigenvalue weighted by atomic mass is 9.86. The molecule has 1 saturated carbocycles. The molecule has 1 aliphatic carbocycles. The van der Waals surface area contributed by atoms with Crippen molar-refractivity contribution in [1.82, 2.24) is 19.7 Å². The van der Waals surface area contributed by atoms with E-state index in [1.165, 1.54) is 19.3 Å². The highest BCUT2D eigenvalue weighted by Crippen LogP contribution is 2.35. The molecule has 4 rings (SSSR count). The van der Waals surface area contributed by atoms with Gasteiger partial charge in [0, 0.05) is 12.5 Å². The van der Waals surface area contributed by atoms with Crippen LogP contribution in [0.1, 0.15) is 50.6 Å². The second-order valence-corrected chi connectivity index (χ2v) is 6.85. The number of para-hydroxylation sites is 1. The number of ether oxygens (including phenoxy) is 1. The summed E-state index contributed by atoms with van der Waals surface area (Å²) < 4.78 is 7.28. The van der Waals surface area contributed by atoms with Gasteiger partial charge in [-0.05, 0) is 31.9 Å². The Kier molecular flexibility index (Phi) is 4.49. The lowest BCUT2D eigenvalue weighted by molar-refractivity contribution is 0.416. The molecule has 136 valence electrons. The standard InChI is InChI=1S/C20H24N4O2/c1-3-24-19-16(17(23-24)13-9-5-4-6-10-13)20(25)22-18(21-19)14-11-7-8-12-15(14)26-2/h7-8,11-13H,3-6,9-10H2,1-2H3,(H,21,22,25). The summed E-state index contributed by atoms with van der Waals surface area (Å²) >= 11 is 0. The van der Waals surface area contributed by atoms with E-state index in [0.717, 1.165) is 24.1 Å². The van der Waals surface area contributed by atoms with Gasteiger partial charge in [-0.1, -0.05) is 31.4 Å². The van der Waals surface area contributed by atoms with E-state index in [2.05, 4.69) is 4.98 Å². The number of H-pyrrole nitrogens is 1. The minimum absolute atomic E-state index is 0.115. The smallest absolute Gasteiger partial charge is 0.262 e. The van der Waals surface area contributed by atoms with E-state index in [0.29, 0.717) is 35.1 Å². The second kappa shape index (κ2) is 6.94. The van der Waals surface area contributed by atoms with Crippen molar-refractivity contribution in [3.8, 4) is 17.1 Å². The van der Waals surface area contributed by atoms with Gasteiger partial charge in [-0.25, -0.2) is 9.67 Å². The Morgan fingerprint density at radius 3 is 2.73 bits per heavy atom. The zero-order chi connectivity index (χ0) is 18.1. The Morgan fingerprint density at radius 2 is 2.00 bits per heavy atom. The summed E-state index contributed by atoms with van der Waals surface area (Å²) in [6, 6.07) is 7.57. The van der Waals surface area contributed by atoms with Gasteiger partial charge >= 0.3 is 0 Å². The van der Waals surface area contributed by atoms with Crippen molar-refractivity contribution in [2.45, 2.75) is 51.5 Å². The first-order valence-electron chi connectivity index (χ1n) is 9.37. The number of hydrogen-bond acceptors (Lipinski definition) is 4. The van der Waals surface area contributed by atoms with Crippen molar-refractivity contribution in [2.24, 2.45) is 0 Å². The van der Waals surface area contributed by atoms with Gasteiger partial charge in [0.1, 0.15) is 17.0 Å². The maximum atomic E-state index is 13.0. The molecule has 1 aliphatic rings. The summed E-state index contributed by atoms with van der Waals surface area (Å²) in [5, 5.41) is 5.42. The molecule has 2 aromatic heterocycles. The molecule has 3 aromatic rings. The quantitative estimate of drug-likeness (QED) is 0.774. The Labute approximate surface area is 152 Å². The van der Waals surface area contributed by atoms with Crippen LogP contribution >= 0.6 is 0 Å². The molecule has 0 spiro atoms. The average Bonchev–Trinajstić information content (AvgIpc) is 3.08. The van der Waals surface area contributed by atoms with Crippen LogP contribution in [0.15, 0.2) is 29.1 Å². The molecule has 2 heterocycles.